The summed E-state index contributed by atoms with van der Waals surface area (Å²) < 4.78 is 6.28. The Labute approximate surface area is 91.1 Å². The molecule has 6 heteroatoms. The van der Waals surface area contributed by atoms with Gasteiger partial charge in [-0.3, -0.25) is 4.98 Å². The van der Waals surface area contributed by atoms with Gasteiger partial charge in [0.05, 0.1) is 7.11 Å². The molecule has 0 amide bonds. The van der Waals surface area contributed by atoms with E-state index in [0.717, 1.165) is 4.68 Å². The van der Waals surface area contributed by atoms with Crippen molar-refractivity contribution in [2.24, 2.45) is 0 Å². The van der Waals surface area contributed by atoms with Crippen molar-refractivity contribution in [2.45, 2.75) is 6.61 Å². The highest BCUT2D eigenvalue weighted by Gasteiger charge is 2.10. The van der Waals surface area contributed by atoms with Crippen molar-refractivity contribution in [3.8, 4) is 11.4 Å². The maximum Gasteiger partial charge on any atom is 0.348 e. The summed E-state index contributed by atoms with van der Waals surface area (Å²) in [6.45, 7) is -0.308. The van der Waals surface area contributed by atoms with Crippen LogP contribution in [-0.2, 0) is 6.61 Å². The summed E-state index contributed by atoms with van der Waals surface area (Å²) in [6.07, 6.45) is 0. The van der Waals surface area contributed by atoms with Crippen LogP contribution >= 0.6 is 0 Å². The van der Waals surface area contributed by atoms with E-state index in [9.17, 15) is 4.79 Å². The molecule has 1 aromatic carbocycles. The van der Waals surface area contributed by atoms with Gasteiger partial charge in [0.1, 0.15) is 18.0 Å². The SMILES string of the molecule is COc1ccccc1-n1nc(CO)[nH]c1=O. The fourth-order valence-corrected chi connectivity index (χ4v) is 1.41. The maximum atomic E-state index is 11.5. The molecular formula is C10H11N3O3. The highest BCUT2D eigenvalue weighted by Crippen LogP contribution is 2.19. The van der Waals surface area contributed by atoms with Gasteiger partial charge in [-0.2, -0.15) is 4.68 Å². The molecule has 2 aromatic rings. The number of nitrogens with one attached hydrogen (secondary N) is 1. The quantitative estimate of drug-likeness (QED) is 0.768. The average Bonchev–Trinajstić information content (AvgIpc) is 2.70. The summed E-state index contributed by atoms with van der Waals surface area (Å²) in [5.41, 5.74) is 0.125. The molecule has 0 aliphatic carbocycles. The molecule has 0 saturated heterocycles. The Kier molecular flexibility index (Phi) is 2.74. The number of aromatic amines is 1. The molecule has 2 rings (SSSR count). The van der Waals surface area contributed by atoms with Crippen LogP contribution in [0, 0.1) is 0 Å². The zero-order chi connectivity index (χ0) is 11.5. The lowest BCUT2D eigenvalue weighted by Gasteiger charge is -2.05. The first-order valence-electron chi connectivity index (χ1n) is 4.68. The van der Waals surface area contributed by atoms with Gasteiger partial charge in [0.2, 0.25) is 0 Å². The molecule has 1 aromatic heterocycles. The van der Waals surface area contributed by atoms with E-state index < -0.39 is 5.69 Å². The van der Waals surface area contributed by atoms with Crippen molar-refractivity contribution in [1.82, 2.24) is 14.8 Å². The number of nitrogens with zero attached hydrogens (tertiary/aromatic N) is 2. The minimum absolute atomic E-state index is 0.218. The molecule has 16 heavy (non-hydrogen) atoms. The van der Waals surface area contributed by atoms with E-state index in [1.807, 2.05) is 0 Å². The Morgan fingerprint density at radius 3 is 2.88 bits per heavy atom. The van der Waals surface area contributed by atoms with Gasteiger partial charge < -0.3 is 9.84 Å². The lowest BCUT2D eigenvalue weighted by atomic mass is 10.3. The van der Waals surface area contributed by atoms with E-state index in [2.05, 4.69) is 10.1 Å². The minimum atomic E-state index is -0.409. The van der Waals surface area contributed by atoms with Crippen molar-refractivity contribution in [1.29, 1.82) is 0 Å². The molecule has 0 atom stereocenters. The minimum Gasteiger partial charge on any atom is -0.494 e. The molecular weight excluding hydrogens is 210 g/mol. The van der Waals surface area contributed by atoms with E-state index >= 15 is 0 Å². The van der Waals surface area contributed by atoms with Crippen molar-refractivity contribution in [3.63, 3.8) is 0 Å². The van der Waals surface area contributed by atoms with E-state index in [4.69, 9.17) is 9.84 Å². The Balaban J connectivity index is 2.58. The summed E-state index contributed by atoms with van der Waals surface area (Å²) in [4.78, 5) is 14.0. The zero-order valence-corrected chi connectivity index (χ0v) is 8.67. The smallest absolute Gasteiger partial charge is 0.348 e. The number of hydrogen-bond acceptors (Lipinski definition) is 4. The van der Waals surface area contributed by atoms with Gasteiger partial charge in [0.15, 0.2) is 5.82 Å². The molecule has 2 N–H and O–H groups in total. The van der Waals surface area contributed by atoms with Gasteiger partial charge in [-0.15, -0.1) is 5.10 Å². The molecule has 84 valence electrons. The van der Waals surface area contributed by atoms with Crippen LogP contribution < -0.4 is 10.4 Å². The summed E-state index contributed by atoms with van der Waals surface area (Å²) in [5.74, 6) is 0.761. The number of ether oxygens (including phenoxy) is 1. The molecule has 0 aliphatic rings. The van der Waals surface area contributed by atoms with E-state index in [1.54, 1.807) is 24.3 Å². The van der Waals surface area contributed by atoms with Gasteiger partial charge >= 0.3 is 5.69 Å². The van der Waals surface area contributed by atoms with Crippen LogP contribution in [0.1, 0.15) is 5.82 Å². The monoisotopic (exact) mass is 221 g/mol. The number of aliphatic hydroxyl groups is 1. The number of hydrogen-bond donors (Lipinski definition) is 2. The van der Waals surface area contributed by atoms with Gasteiger partial charge in [-0.1, -0.05) is 12.1 Å². The summed E-state index contributed by atoms with van der Waals surface area (Å²) in [6, 6.07) is 7.02. The number of rotatable bonds is 3. The number of para-hydroxylation sites is 2. The third kappa shape index (κ3) is 1.70. The van der Waals surface area contributed by atoms with E-state index in [0.29, 0.717) is 11.4 Å². The van der Waals surface area contributed by atoms with Crippen molar-refractivity contribution in [2.75, 3.05) is 7.11 Å². The number of benzene rings is 1. The van der Waals surface area contributed by atoms with Gasteiger partial charge in [0, 0.05) is 0 Å². The first-order chi connectivity index (χ1) is 7.76. The Bertz CT molecular complexity index is 544. The van der Waals surface area contributed by atoms with Crippen molar-refractivity contribution in [3.05, 3.63) is 40.6 Å². The third-order valence-electron chi connectivity index (χ3n) is 2.13. The van der Waals surface area contributed by atoms with E-state index in [1.165, 1.54) is 7.11 Å². The maximum absolute atomic E-state index is 11.5. The third-order valence-corrected chi connectivity index (χ3v) is 2.13. The Morgan fingerprint density at radius 2 is 2.25 bits per heavy atom. The van der Waals surface area contributed by atoms with Crippen LogP contribution in [0.3, 0.4) is 0 Å². The number of methoxy groups -OCH3 is 1. The number of aliphatic hydroxyl groups excluding tert-OH is 1. The molecule has 0 radical (unpaired) electrons. The van der Waals surface area contributed by atoms with Crippen LogP contribution in [0.4, 0.5) is 0 Å². The van der Waals surface area contributed by atoms with Crippen LogP contribution in [0.2, 0.25) is 0 Å². The molecule has 0 bridgehead atoms. The molecule has 0 unspecified atom stereocenters. The fraction of sp³-hybridized carbons (Fsp3) is 0.200. The topological polar surface area (TPSA) is 80.1 Å². The lowest BCUT2D eigenvalue weighted by Crippen LogP contribution is -2.16. The normalized spacial score (nSPS) is 10.4. The van der Waals surface area contributed by atoms with Crippen LogP contribution in [0.25, 0.3) is 5.69 Å². The highest BCUT2D eigenvalue weighted by atomic mass is 16.5. The number of aromatic nitrogens is 3. The second-order valence-electron chi connectivity index (χ2n) is 3.12. The summed E-state index contributed by atoms with van der Waals surface area (Å²) >= 11 is 0. The Hall–Kier alpha value is -2.08. The van der Waals surface area contributed by atoms with Crippen LogP contribution in [-0.4, -0.2) is 27.0 Å². The van der Waals surface area contributed by atoms with Gasteiger partial charge in [-0.05, 0) is 12.1 Å². The van der Waals surface area contributed by atoms with Crippen LogP contribution in [0.5, 0.6) is 5.75 Å². The Morgan fingerprint density at radius 1 is 1.50 bits per heavy atom. The molecule has 0 aliphatic heterocycles. The summed E-state index contributed by atoms with van der Waals surface area (Å²) in [5, 5.41) is 12.8. The van der Waals surface area contributed by atoms with Crippen molar-refractivity contribution < 1.29 is 9.84 Å². The van der Waals surface area contributed by atoms with E-state index in [-0.39, 0.29) is 12.4 Å². The first-order valence-corrected chi connectivity index (χ1v) is 4.68. The standard InChI is InChI=1S/C10H11N3O3/c1-16-8-5-3-2-4-7(8)13-10(15)11-9(6-14)12-13/h2-5,14H,6H2,1H3,(H,11,12,15). The summed E-state index contributed by atoms with van der Waals surface area (Å²) in [7, 11) is 1.52. The average molecular weight is 221 g/mol. The predicted molar refractivity (Wildman–Crippen MR) is 56.7 cm³/mol. The molecule has 0 fully saturated rings. The van der Waals surface area contributed by atoms with Gasteiger partial charge in [-0.25, -0.2) is 4.79 Å². The fourth-order valence-electron chi connectivity index (χ4n) is 1.41. The number of H-pyrrole nitrogens is 1. The largest absolute Gasteiger partial charge is 0.494 e. The highest BCUT2D eigenvalue weighted by molar-refractivity contribution is 5.45. The van der Waals surface area contributed by atoms with Gasteiger partial charge in [0.25, 0.3) is 0 Å². The van der Waals surface area contributed by atoms with Crippen molar-refractivity contribution >= 4 is 0 Å². The lowest BCUT2D eigenvalue weighted by molar-refractivity contribution is 0.271. The molecule has 6 nitrogen and oxygen atoms in total. The second kappa shape index (κ2) is 4.19. The molecule has 0 spiro atoms. The zero-order valence-electron chi connectivity index (χ0n) is 8.67. The van der Waals surface area contributed by atoms with Crippen LogP contribution in [0.15, 0.2) is 29.1 Å². The second-order valence-corrected chi connectivity index (χ2v) is 3.12. The molecule has 0 saturated carbocycles. The predicted octanol–water partition coefficient (Wildman–Crippen LogP) is 0.0615. The molecule has 1 heterocycles. The first kappa shape index (κ1) is 10.4.